The van der Waals surface area contributed by atoms with E-state index in [0.29, 0.717) is 12.0 Å². The summed E-state index contributed by atoms with van der Waals surface area (Å²) in [4.78, 5) is 4.19. The molecule has 2 rings (SSSR count). The summed E-state index contributed by atoms with van der Waals surface area (Å²) < 4.78 is 28.1. The maximum atomic E-state index is 13.1. The third-order valence-electron chi connectivity index (χ3n) is 2.86. The van der Waals surface area contributed by atoms with Gasteiger partial charge in [0.05, 0.1) is 0 Å². The number of hydrogen-bond donors (Lipinski definition) is 1. The summed E-state index contributed by atoms with van der Waals surface area (Å²) in [7, 11) is 0. The Balaban J connectivity index is 2.19. The summed E-state index contributed by atoms with van der Waals surface area (Å²) in [5, 5.41) is 0. The fourth-order valence-corrected chi connectivity index (χ4v) is 1.92. The van der Waals surface area contributed by atoms with E-state index >= 15 is 0 Å². The van der Waals surface area contributed by atoms with Crippen molar-refractivity contribution in [1.29, 1.82) is 0 Å². The second kappa shape index (κ2) is 5.27. The van der Waals surface area contributed by atoms with Gasteiger partial charge in [0.2, 0.25) is 0 Å². The Kier molecular flexibility index (Phi) is 3.72. The van der Waals surface area contributed by atoms with Gasteiger partial charge in [-0.2, -0.15) is 0 Å². The highest BCUT2D eigenvalue weighted by Crippen LogP contribution is 2.18. The largest absolute Gasteiger partial charge is 0.335 e. The van der Waals surface area contributed by atoms with Crippen LogP contribution in [0.2, 0.25) is 0 Å². The van der Waals surface area contributed by atoms with E-state index < -0.39 is 17.7 Å². The molecule has 0 bridgehead atoms. The van der Waals surface area contributed by atoms with Crippen LogP contribution in [0.1, 0.15) is 24.4 Å². The number of aryl methyl sites for hydroxylation is 1. The Morgan fingerprint density at radius 1 is 1.28 bits per heavy atom. The second-order valence-corrected chi connectivity index (χ2v) is 4.14. The molecule has 2 aromatic rings. The zero-order valence-corrected chi connectivity index (χ0v) is 10.1. The summed E-state index contributed by atoms with van der Waals surface area (Å²) in [5.74, 6) is -0.409. The average molecular weight is 251 g/mol. The van der Waals surface area contributed by atoms with Gasteiger partial charge >= 0.3 is 0 Å². The summed E-state index contributed by atoms with van der Waals surface area (Å²) >= 11 is 0. The number of benzene rings is 1. The number of hydrogen-bond acceptors (Lipinski definition) is 2. The van der Waals surface area contributed by atoms with E-state index in [9.17, 15) is 8.78 Å². The molecule has 0 saturated carbocycles. The first-order valence-corrected chi connectivity index (χ1v) is 5.81. The molecule has 0 aliphatic carbocycles. The van der Waals surface area contributed by atoms with Crippen molar-refractivity contribution in [1.82, 2.24) is 9.55 Å². The molecule has 0 fully saturated rings. The minimum Gasteiger partial charge on any atom is -0.335 e. The maximum Gasteiger partial charge on any atom is 0.126 e. The SMILES string of the molecule is CCn1ccnc1CC(N)c1cc(F)cc(F)c1. The molecule has 0 spiro atoms. The Bertz CT molecular complexity index is 517. The predicted octanol–water partition coefficient (Wildman–Crippen LogP) is 2.42. The van der Waals surface area contributed by atoms with Crippen molar-refractivity contribution in [3.05, 3.63) is 53.6 Å². The monoisotopic (exact) mass is 251 g/mol. The molecule has 0 saturated heterocycles. The van der Waals surface area contributed by atoms with E-state index in [1.165, 1.54) is 12.1 Å². The van der Waals surface area contributed by atoms with Gasteiger partial charge in [-0.3, -0.25) is 0 Å². The van der Waals surface area contributed by atoms with E-state index in [-0.39, 0.29) is 0 Å². The molecule has 1 heterocycles. The van der Waals surface area contributed by atoms with Gasteiger partial charge < -0.3 is 10.3 Å². The Labute approximate surface area is 104 Å². The zero-order chi connectivity index (χ0) is 13.1. The quantitative estimate of drug-likeness (QED) is 0.907. The first-order valence-electron chi connectivity index (χ1n) is 5.81. The molecule has 96 valence electrons. The number of nitrogens with two attached hydrogens (primary N) is 1. The van der Waals surface area contributed by atoms with Gasteiger partial charge in [-0.05, 0) is 24.6 Å². The molecule has 5 heteroatoms. The fourth-order valence-electron chi connectivity index (χ4n) is 1.92. The molecule has 1 atom stereocenters. The molecular formula is C13H15F2N3. The van der Waals surface area contributed by atoms with Gasteiger partial charge in [-0.15, -0.1) is 0 Å². The Morgan fingerprint density at radius 2 is 1.94 bits per heavy atom. The molecule has 1 aromatic heterocycles. The summed E-state index contributed by atoms with van der Waals surface area (Å²) in [5.41, 5.74) is 6.40. The van der Waals surface area contributed by atoms with Crippen LogP contribution < -0.4 is 5.73 Å². The van der Waals surface area contributed by atoms with Gasteiger partial charge in [-0.25, -0.2) is 13.8 Å². The molecule has 0 aliphatic heterocycles. The molecular weight excluding hydrogens is 236 g/mol. The van der Waals surface area contributed by atoms with Gasteiger partial charge in [0, 0.05) is 37.5 Å². The van der Waals surface area contributed by atoms with Crippen LogP contribution in [0, 0.1) is 11.6 Å². The van der Waals surface area contributed by atoms with Gasteiger partial charge in [0.25, 0.3) is 0 Å². The Hall–Kier alpha value is -1.75. The van der Waals surface area contributed by atoms with E-state index in [4.69, 9.17) is 5.73 Å². The molecule has 0 amide bonds. The van der Waals surface area contributed by atoms with Crippen LogP contribution in [0.3, 0.4) is 0 Å². The average Bonchev–Trinajstić information content (AvgIpc) is 2.75. The third kappa shape index (κ3) is 2.73. The first kappa shape index (κ1) is 12.7. The van der Waals surface area contributed by atoms with Crippen molar-refractivity contribution in [3.8, 4) is 0 Å². The van der Waals surface area contributed by atoms with Crippen LogP contribution in [0.25, 0.3) is 0 Å². The van der Waals surface area contributed by atoms with Crippen LogP contribution in [-0.4, -0.2) is 9.55 Å². The molecule has 1 aromatic carbocycles. The lowest BCUT2D eigenvalue weighted by atomic mass is 10.0. The lowest BCUT2D eigenvalue weighted by molar-refractivity contribution is 0.567. The molecule has 2 N–H and O–H groups in total. The normalized spacial score (nSPS) is 12.7. The predicted molar refractivity (Wildman–Crippen MR) is 64.9 cm³/mol. The van der Waals surface area contributed by atoms with E-state index in [1.54, 1.807) is 6.20 Å². The fraction of sp³-hybridized carbons (Fsp3) is 0.308. The Morgan fingerprint density at radius 3 is 2.56 bits per heavy atom. The van der Waals surface area contributed by atoms with Crippen LogP contribution in [0.5, 0.6) is 0 Å². The van der Waals surface area contributed by atoms with Gasteiger partial charge in [0.15, 0.2) is 0 Å². The first-order chi connectivity index (χ1) is 8.60. The maximum absolute atomic E-state index is 13.1. The number of imidazole rings is 1. The summed E-state index contributed by atoms with van der Waals surface area (Å²) in [6, 6.07) is 2.88. The van der Waals surface area contributed by atoms with E-state index in [1.807, 2.05) is 17.7 Å². The number of halogens is 2. The molecule has 0 radical (unpaired) electrons. The van der Waals surface area contributed by atoms with Crippen molar-refractivity contribution in [2.45, 2.75) is 25.9 Å². The highest BCUT2D eigenvalue weighted by Gasteiger charge is 2.12. The highest BCUT2D eigenvalue weighted by molar-refractivity contribution is 5.22. The van der Waals surface area contributed by atoms with Gasteiger partial charge in [-0.1, -0.05) is 0 Å². The third-order valence-corrected chi connectivity index (χ3v) is 2.86. The summed E-state index contributed by atoms with van der Waals surface area (Å²) in [6.45, 7) is 2.79. The second-order valence-electron chi connectivity index (χ2n) is 4.14. The van der Waals surface area contributed by atoms with Crippen molar-refractivity contribution >= 4 is 0 Å². The lowest BCUT2D eigenvalue weighted by Gasteiger charge is -2.13. The minimum atomic E-state index is -0.612. The highest BCUT2D eigenvalue weighted by atomic mass is 19.1. The van der Waals surface area contributed by atoms with Crippen LogP contribution in [0.4, 0.5) is 8.78 Å². The standard InChI is InChI=1S/C13H15F2N3/c1-2-18-4-3-17-13(18)8-12(16)9-5-10(14)7-11(15)6-9/h3-7,12H,2,8,16H2,1H3. The van der Waals surface area contributed by atoms with Crippen molar-refractivity contribution in [2.24, 2.45) is 5.73 Å². The lowest BCUT2D eigenvalue weighted by Crippen LogP contribution is -2.16. The van der Waals surface area contributed by atoms with Crippen LogP contribution in [-0.2, 0) is 13.0 Å². The summed E-state index contributed by atoms with van der Waals surface area (Å²) in [6.07, 6.45) is 4.00. The van der Waals surface area contributed by atoms with Crippen LogP contribution >= 0.6 is 0 Å². The number of rotatable bonds is 4. The minimum absolute atomic E-state index is 0.443. The molecule has 3 nitrogen and oxygen atoms in total. The molecule has 1 unspecified atom stereocenters. The van der Waals surface area contributed by atoms with E-state index in [2.05, 4.69) is 4.98 Å². The molecule has 18 heavy (non-hydrogen) atoms. The smallest absolute Gasteiger partial charge is 0.126 e. The van der Waals surface area contributed by atoms with Crippen LogP contribution in [0.15, 0.2) is 30.6 Å². The topological polar surface area (TPSA) is 43.8 Å². The van der Waals surface area contributed by atoms with Crippen molar-refractivity contribution in [3.63, 3.8) is 0 Å². The van der Waals surface area contributed by atoms with E-state index in [0.717, 1.165) is 18.4 Å². The zero-order valence-electron chi connectivity index (χ0n) is 10.1. The van der Waals surface area contributed by atoms with Crippen molar-refractivity contribution < 1.29 is 8.78 Å². The number of aromatic nitrogens is 2. The number of nitrogens with zero attached hydrogens (tertiary/aromatic N) is 2. The van der Waals surface area contributed by atoms with Crippen molar-refractivity contribution in [2.75, 3.05) is 0 Å². The molecule has 0 aliphatic rings. The van der Waals surface area contributed by atoms with Gasteiger partial charge in [0.1, 0.15) is 17.5 Å².